The number of nitrogens with zero attached hydrogens (tertiary/aromatic N) is 5. The normalized spacial score (nSPS) is 15.5. The summed E-state index contributed by atoms with van der Waals surface area (Å²) in [4.78, 5) is 23.9. The van der Waals surface area contributed by atoms with Crippen molar-refractivity contribution in [2.75, 3.05) is 23.0 Å². The molecule has 2 aromatic carbocycles. The van der Waals surface area contributed by atoms with Gasteiger partial charge in [0.15, 0.2) is 10.9 Å². The van der Waals surface area contributed by atoms with E-state index in [0.717, 1.165) is 23.4 Å². The van der Waals surface area contributed by atoms with Gasteiger partial charge in [-0.15, -0.1) is 0 Å². The van der Waals surface area contributed by atoms with Gasteiger partial charge in [-0.05, 0) is 56.4 Å². The van der Waals surface area contributed by atoms with E-state index in [-0.39, 0.29) is 52.0 Å². The van der Waals surface area contributed by atoms with Gasteiger partial charge in [0.2, 0.25) is 5.88 Å². The van der Waals surface area contributed by atoms with Crippen molar-refractivity contribution in [3.63, 3.8) is 0 Å². The van der Waals surface area contributed by atoms with Crippen LogP contribution in [0.5, 0.6) is 5.88 Å². The SMILES string of the molecule is CC(F)(F)c1cc(N2C(=O)C(C)(C)N(c3cc(F)c4ncnc(OCCO)c4c3)C2=S)ccc1C#N. The lowest BCUT2D eigenvalue weighted by molar-refractivity contribution is -0.120. The van der Waals surface area contributed by atoms with Crippen molar-refractivity contribution in [2.45, 2.75) is 32.2 Å². The quantitative estimate of drug-likeness (QED) is 0.491. The highest BCUT2D eigenvalue weighted by molar-refractivity contribution is 7.81. The molecule has 1 amide bonds. The van der Waals surface area contributed by atoms with E-state index in [9.17, 15) is 18.8 Å². The molecule has 0 unspecified atom stereocenters. The first-order valence-corrected chi connectivity index (χ1v) is 11.1. The van der Waals surface area contributed by atoms with E-state index in [1.165, 1.54) is 23.1 Å². The predicted molar refractivity (Wildman–Crippen MR) is 129 cm³/mol. The molecular formula is C24H20F3N5O3S. The molecule has 0 saturated carbocycles. The van der Waals surface area contributed by atoms with E-state index >= 15 is 4.39 Å². The monoisotopic (exact) mass is 515 g/mol. The molecule has 1 aliphatic rings. The van der Waals surface area contributed by atoms with Crippen molar-refractivity contribution in [2.24, 2.45) is 0 Å². The number of hydrogen-bond acceptors (Lipinski definition) is 7. The van der Waals surface area contributed by atoms with E-state index in [1.54, 1.807) is 19.9 Å². The fraction of sp³-hybridized carbons (Fsp3) is 0.292. The molecule has 186 valence electrons. The second-order valence-electron chi connectivity index (χ2n) is 8.62. The summed E-state index contributed by atoms with van der Waals surface area (Å²) in [5.41, 5.74) is -1.91. The summed E-state index contributed by atoms with van der Waals surface area (Å²) in [6, 6.07) is 7.99. The van der Waals surface area contributed by atoms with Crippen LogP contribution in [0.2, 0.25) is 0 Å². The minimum absolute atomic E-state index is 0.0304. The van der Waals surface area contributed by atoms with E-state index < -0.39 is 28.7 Å². The first kappa shape index (κ1) is 25.3. The number of carbonyl (C=O) groups is 1. The van der Waals surface area contributed by atoms with Gasteiger partial charge in [0.25, 0.3) is 11.8 Å². The Bertz CT molecular complexity index is 1430. The molecule has 4 rings (SSSR count). The smallest absolute Gasteiger partial charge is 0.271 e. The summed E-state index contributed by atoms with van der Waals surface area (Å²) < 4.78 is 48.9. The predicted octanol–water partition coefficient (Wildman–Crippen LogP) is 4.04. The molecule has 1 aliphatic heterocycles. The van der Waals surface area contributed by atoms with Crippen LogP contribution in [0.1, 0.15) is 31.9 Å². The number of carbonyl (C=O) groups excluding carboxylic acids is 1. The van der Waals surface area contributed by atoms with Crippen molar-refractivity contribution in [1.82, 2.24) is 9.97 Å². The summed E-state index contributed by atoms with van der Waals surface area (Å²) in [6.07, 6.45) is 1.12. The summed E-state index contributed by atoms with van der Waals surface area (Å²) in [5.74, 6) is -4.57. The maximum absolute atomic E-state index is 15.1. The molecular weight excluding hydrogens is 495 g/mol. The molecule has 0 atom stereocenters. The largest absolute Gasteiger partial charge is 0.475 e. The third-order valence-electron chi connectivity index (χ3n) is 5.75. The van der Waals surface area contributed by atoms with Crippen molar-refractivity contribution < 1.29 is 27.8 Å². The lowest BCUT2D eigenvalue weighted by Crippen LogP contribution is -2.44. The Morgan fingerprint density at radius 2 is 1.94 bits per heavy atom. The van der Waals surface area contributed by atoms with E-state index in [2.05, 4.69) is 9.97 Å². The molecule has 3 aromatic rings. The Balaban J connectivity index is 1.84. The second kappa shape index (κ2) is 9.00. The van der Waals surface area contributed by atoms with Gasteiger partial charge < -0.3 is 14.7 Å². The molecule has 0 spiro atoms. The van der Waals surface area contributed by atoms with Gasteiger partial charge in [0.05, 0.1) is 29.3 Å². The van der Waals surface area contributed by atoms with Crippen LogP contribution in [0.25, 0.3) is 10.9 Å². The summed E-state index contributed by atoms with van der Waals surface area (Å²) in [5, 5.41) is 18.4. The van der Waals surface area contributed by atoms with Gasteiger partial charge in [-0.3, -0.25) is 9.69 Å². The number of nitriles is 1. The first-order chi connectivity index (χ1) is 16.9. The van der Waals surface area contributed by atoms with Crippen LogP contribution in [-0.2, 0) is 10.7 Å². The molecule has 1 N–H and O–H groups in total. The number of anilines is 2. The van der Waals surface area contributed by atoms with E-state index in [4.69, 9.17) is 22.1 Å². The third kappa shape index (κ3) is 4.10. The highest BCUT2D eigenvalue weighted by Gasteiger charge is 2.50. The molecule has 8 nitrogen and oxygen atoms in total. The Labute approximate surface area is 209 Å². The number of benzene rings is 2. The maximum Gasteiger partial charge on any atom is 0.271 e. The Morgan fingerprint density at radius 3 is 2.58 bits per heavy atom. The molecule has 12 heteroatoms. The van der Waals surface area contributed by atoms with Gasteiger partial charge in [0, 0.05) is 18.2 Å². The minimum atomic E-state index is -3.34. The van der Waals surface area contributed by atoms with Crippen LogP contribution in [0.15, 0.2) is 36.7 Å². The summed E-state index contributed by atoms with van der Waals surface area (Å²) >= 11 is 5.58. The molecule has 0 radical (unpaired) electrons. The number of hydrogen-bond donors (Lipinski definition) is 1. The van der Waals surface area contributed by atoms with Crippen molar-refractivity contribution in [3.05, 3.63) is 53.6 Å². The lowest BCUT2D eigenvalue weighted by Gasteiger charge is -2.29. The first-order valence-electron chi connectivity index (χ1n) is 10.7. The molecule has 1 aromatic heterocycles. The zero-order valence-electron chi connectivity index (χ0n) is 19.4. The van der Waals surface area contributed by atoms with Crippen LogP contribution in [0.3, 0.4) is 0 Å². The average molecular weight is 516 g/mol. The number of ether oxygens (including phenoxy) is 1. The summed E-state index contributed by atoms with van der Waals surface area (Å²) in [6.45, 7) is 3.41. The Morgan fingerprint density at radius 1 is 1.22 bits per heavy atom. The molecule has 2 heterocycles. The maximum atomic E-state index is 15.1. The Hall–Kier alpha value is -3.82. The average Bonchev–Trinajstić information content (AvgIpc) is 3.00. The second-order valence-corrected chi connectivity index (χ2v) is 8.99. The molecule has 1 fully saturated rings. The number of fused-ring (bicyclic) bond motifs is 1. The number of halogens is 3. The number of amides is 1. The van der Waals surface area contributed by atoms with Crippen molar-refractivity contribution in [1.29, 1.82) is 5.26 Å². The fourth-order valence-electron chi connectivity index (χ4n) is 4.06. The third-order valence-corrected chi connectivity index (χ3v) is 6.12. The van der Waals surface area contributed by atoms with Gasteiger partial charge in [-0.25, -0.2) is 23.1 Å². The number of thiocarbonyl (C=S) groups is 1. The van der Waals surface area contributed by atoms with Gasteiger partial charge in [-0.2, -0.15) is 5.26 Å². The van der Waals surface area contributed by atoms with Crippen LogP contribution in [0, 0.1) is 17.1 Å². The molecule has 36 heavy (non-hydrogen) atoms. The van der Waals surface area contributed by atoms with Gasteiger partial charge in [0.1, 0.15) is 24.0 Å². The number of aliphatic hydroxyl groups is 1. The lowest BCUT2D eigenvalue weighted by atomic mass is 10.0. The number of rotatable bonds is 6. The summed E-state index contributed by atoms with van der Waals surface area (Å²) in [7, 11) is 0. The molecule has 0 bridgehead atoms. The van der Waals surface area contributed by atoms with E-state index in [0.29, 0.717) is 6.92 Å². The van der Waals surface area contributed by atoms with Crippen LogP contribution >= 0.6 is 12.2 Å². The van der Waals surface area contributed by atoms with Gasteiger partial charge in [-0.1, -0.05) is 0 Å². The number of aliphatic hydroxyl groups excluding tert-OH is 1. The fourth-order valence-corrected chi connectivity index (χ4v) is 4.58. The van der Waals surface area contributed by atoms with Crippen LogP contribution in [0.4, 0.5) is 24.5 Å². The van der Waals surface area contributed by atoms with Crippen LogP contribution in [-0.4, -0.2) is 44.8 Å². The zero-order valence-corrected chi connectivity index (χ0v) is 20.2. The van der Waals surface area contributed by atoms with Gasteiger partial charge >= 0.3 is 0 Å². The van der Waals surface area contributed by atoms with Crippen molar-refractivity contribution in [3.8, 4) is 11.9 Å². The van der Waals surface area contributed by atoms with E-state index in [1.807, 2.05) is 0 Å². The minimum Gasteiger partial charge on any atom is -0.475 e. The number of aromatic nitrogens is 2. The topological polar surface area (TPSA) is 103 Å². The highest BCUT2D eigenvalue weighted by atomic mass is 32.1. The zero-order chi connectivity index (χ0) is 26.4. The van der Waals surface area contributed by atoms with Crippen molar-refractivity contribution >= 4 is 45.5 Å². The molecule has 0 aliphatic carbocycles. The highest BCUT2D eigenvalue weighted by Crippen LogP contribution is 2.40. The van der Waals surface area contributed by atoms with Crippen LogP contribution < -0.4 is 14.5 Å². The number of alkyl halides is 2. The Kier molecular flexibility index (Phi) is 6.32. The standard InChI is InChI=1S/C24H20F3N5O3S/c1-23(2)21(34)31(14-5-4-13(11-28)17(9-14)24(3,26)27)22(36)32(23)15-8-16-19(18(25)10-15)29-12-30-20(16)35-7-6-33/h4-5,8-10,12,33H,6-7H2,1-3H3. The molecule has 1 saturated heterocycles.